The topological polar surface area (TPSA) is 50.5 Å². The molecule has 0 saturated carbocycles. The van der Waals surface area contributed by atoms with Gasteiger partial charge in [0.05, 0.1) is 29.0 Å². The van der Waals surface area contributed by atoms with Gasteiger partial charge in [-0.1, -0.05) is 11.6 Å². The van der Waals surface area contributed by atoms with Gasteiger partial charge in [0, 0.05) is 24.9 Å². The van der Waals surface area contributed by atoms with Crippen LogP contribution in [0.1, 0.15) is 12.0 Å². The lowest BCUT2D eigenvalue weighted by Gasteiger charge is -2.11. The number of amides is 1. The number of nitrogens with zero attached hydrogens (tertiary/aromatic N) is 4. The summed E-state index contributed by atoms with van der Waals surface area (Å²) in [6.07, 6.45) is 3.58. The second-order valence-electron chi connectivity index (χ2n) is 4.43. The zero-order valence-electron chi connectivity index (χ0n) is 10.5. The molecule has 0 aliphatic carbocycles. The van der Waals surface area contributed by atoms with Gasteiger partial charge >= 0.3 is 0 Å². The maximum atomic E-state index is 13.5. The summed E-state index contributed by atoms with van der Waals surface area (Å²) in [7, 11) is 1.78. The second kappa shape index (κ2) is 4.72. The van der Waals surface area contributed by atoms with Crippen molar-refractivity contribution in [1.29, 1.82) is 0 Å². The van der Waals surface area contributed by atoms with E-state index in [1.54, 1.807) is 30.2 Å². The molecule has 2 heterocycles. The van der Waals surface area contributed by atoms with Gasteiger partial charge < -0.3 is 0 Å². The van der Waals surface area contributed by atoms with Crippen LogP contribution >= 0.6 is 11.6 Å². The normalized spacial score (nSPS) is 14.8. The number of anilines is 1. The van der Waals surface area contributed by atoms with Gasteiger partial charge in [0.2, 0.25) is 0 Å². The average molecular weight is 293 g/mol. The number of rotatable bonds is 2. The minimum atomic E-state index is -0.581. The Kier molecular flexibility index (Phi) is 3.02. The van der Waals surface area contributed by atoms with Crippen LogP contribution in [0.25, 0.3) is 0 Å². The van der Waals surface area contributed by atoms with Gasteiger partial charge in [0.15, 0.2) is 0 Å². The molecule has 1 aromatic heterocycles. The van der Waals surface area contributed by atoms with Crippen molar-refractivity contribution in [2.24, 2.45) is 12.1 Å². The standard InChI is InChI=1S/C13H10ClFN4O/c1-18-7-8(6-16-18)12-5-13(20)19(17-12)9-2-3-10(14)11(15)4-9/h2-4,6-7H,5H2,1H3. The van der Waals surface area contributed by atoms with Gasteiger partial charge in [0.1, 0.15) is 5.82 Å². The van der Waals surface area contributed by atoms with Crippen molar-refractivity contribution < 1.29 is 9.18 Å². The molecule has 0 radical (unpaired) electrons. The van der Waals surface area contributed by atoms with Crippen molar-refractivity contribution in [2.45, 2.75) is 6.42 Å². The van der Waals surface area contributed by atoms with E-state index in [2.05, 4.69) is 10.2 Å². The van der Waals surface area contributed by atoms with E-state index in [1.807, 2.05) is 0 Å². The lowest BCUT2D eigenvalue weighted by atomic mass is 10.1. The van der Waals surface area contributed by atoms with Crippen LogP contribution in [0.15, 0.2) is 35.7 Å². The third-order valence-electron chi connectivity index (χ3n) is 2.96. The summed E-state index contributed by atoms with van der Waals surface area (Å²) < 4.78 is 15.1. The predicted octanol–water partition coefficient (Wildman–Crippen LogP) is 2.35. The number of benzene rings is 1. The Morgan fingerprint density at radius 3 is 2.85 bits per heavy atom. The van der Waals surface area contributed by atoms with E-state index >= 15 is 0 Å². The minimum Gasteiger partial charge on any atom is -0.275 e. The fraction of sp³-hybridized carbons (Fsp3) is 0.154. The summed E-state index contributed by atoms with van der Waals surface area (Å²) in [5.41, 5.74) is 1.74. The van der Waals surface area contributed by atoms with E-state index < -0.39 is 5.82 Å². The zero-order valence-corrected chi connectivity index (χ0v) is 11.3. The molecule has 1 amide bonds. The Labute approximate surface area is 119 Å². The largest absolute Gasteiger partial charge is 0.275 e. The summed E-state index contributed by atoms with van der Waals surface area (Å²) in [4.78, 5) is 12.0. The number of hydrazone groups is 1. The highest BCUT2D eigenvalue weighted by Crippen LogP contribution is 2.26. The summed E-state index contributed by atoms with van der Waals surface area (Å²) in [6.45, 7) is 0. The SMILES string of the molecule is Cn1cc(C2=NN(c3ccc(Cl)c(F)c3)C(=O)C2)cn1. The van der Waals surface area contributed by atoms with Crippen LogP contribution in [0.3, 0.4) is 0 Å². The number of aromatic nitrogens is 2. The Balaban J connectivity index is 1.95. The first-order valence-electron chi connectivity index (χ1n) is 5.89. The Hall–Kier alpha value is -2.21. The molecule has 102 valence electrons. The van der Waals surface area contributed by atoms with Gasteiger partial charge in [0.25, 0.3) is 5.91 Å². The monoisotopic (exact) mass is 292 g/mol. The maximum absolute atomic E-state index is 13.5. The van der Waals surface area contributed by atoms with Gasteiger partial charge in [-0.05, 0) is 12.1 Å². The van der Waals surface area contributed by atoms with E-state index in [9.17, 15) is 9.18 Å². The summed E-state index contributed by atoms with van der Waals surface area (Å²) in [5, 5.41) is 9.46. The van der Waals surface area contributed by atoms with Gasteiger partial charge in [-0.2, -0.15) is 10.2 Å². The third-order valence-corrected chi connectivity index (χ3v) is 3.27. The third kappa shape index (κ3) is 2.18. The molecule has 1 aliphatic heterocycles. The molecule has 1 aromatic carbocycles. The molecule has 7 heteroatoms. The van der Waals surface area contributed by atoms with Crippen molar-refractivity contribution in [3.63, 3.8) is 0 Å². The summed E-state index contributed by atoms with van der Waals surface area (Å²) >= 11 is 5.63. The van der Waals surface area contributed by atoms with E-state index in [-0.39, 0.29) is 17.4 Å². The Bertz CT molecular complexity index is 725. The van der Waals surface area contributed by atoms with Crippen LogP contribution in [0.5, 0.6) is 0 Å². The molecule has 0 N–H and O–H groups in total. The summed E-state index contributed by atoms with van der Waals surface area (Å²) in [5.74, 6) is -0.799. The van der Waals surface area contributed by atoms with Crippen LogP contribution in [-0.2, 0) is 11.8 Å². The van der Waals surface area contributed by atoms with E-state index in [0.29, 0.717) is 11.4 Å². The van der Waals surface area contributed by atoms with Crippen molar-refractivity contribution in [3.8, 4) is 0 Å². The molecule has 5 nitrogen and oxygen atoms in total. The predicted molar refractivity (Wildman–Crippen MR) is 73.3 cm³/mol. The van der Waals surface area contributed by atoms with Crippen molar-refractivity contribution in [2.75, 3.05) is 5.01 Å². The Morgan fingerprint density at radius 1 is 1.40 bits per heavy atom. The minimum absolute atomic E-state index is 0.0110. The van der Waals surface area contributed by atoms with E-state index in [0.717, 1.165) is 5.56 Å². The van der Waals surface area contributed by atoms with Gasteiger partial charge in [-0.25, -0.2) is 9.40 Å². The van der Waals surface area contributed by atoms with E-state index in [1.165, 1.54) is 17.1 Å². The van der Waals surface area contributed by atoms with Crippen molar-refractivity contribution >= 4 is 28.9 Å². The second-order valence-corrected chi connectivity index (χ2v) is 4.84. The molecular weight excluding hydrogens is 283 g/mol. The molecule has 3 rings (SSSR count). The Morgan fingerprint density at radius 2 is 2.20 bits per heavy atom. The van der Waals surface area contributed by atoms with Crippen molar-refractivity contribution in [3.05, 3.63) is 47.0 Å². The molecule has 1 aliphatic rings. The molecule has 0 unspecified atom stereocenters. The fourth-order valence-corrected chi connectivity index (χ4v) is 2.10. The number of hydrogen-bond donors (Lipinski definition) is 0. The quantitative estimate of drug-likeness (QED) is 0.853. The first-order valence-corrected chi connectivity index (χ1v) is 6.27. The highest BCUT2D eigenvalue weighted by molar-refractivity contribution is 6.30. The van der Waals surface area contributed by atoms with Crippen LogP contribution in [0.4, 0.5) is 10.1 Å². The molecule has 0 saturated heterocycles. The highest BCUT2D eigenvalue weighted by atomic mass is 35.5. The summed E-state index contributed by atoms with van der Waals surface area (Å²) in [6, 6.07) is 4.14. The maximum Gasteiger partial charge on any atom is 0.253 e. The highest BCUT2D eigenvalue weighted by Gasteiger charge is 2.27. The van der Waals surface area contributed by atoms with Crippen LogP contribution in [-0.4, -0.2) is 21.4 Å². The molecule has 0 spiro atoms. The average Bonchev–Trinajstić information content (AvgIpc) is 2.99. The lowest BCUT2D eigenvalue weighted by molar-refractivity contribution is -0.116. The first kappa shape index (κ1) is 12.8. The van der Waals surface area contributed by atoms with E-state index in [4.69, 9.17) is 11.6 Å². The number of carbonyl (C=O) groups is 1. The van der Waals surface area contributed by atoms with Crippen molar-refractivity contribution in [1.82, 2.24) is 9.78 Å². The number of carbonyl (C=O) groups excluding carboxylic acids is 1. The number of hydrogen-bond acceptors (Lipinski definition) is 3. The smallest absolute Gasteiger partial charge is 0.253 e. The fourth-order valence-electron chi connectivity index (χ4n) is 1.98. The van der Waals surface area contributed by atoms with Gasteiger partial charge in [-0.3, -0.25) is 9.48 Å². The molecule has 20 heavy (non-hydrogen) atoms. The van der Waals surface area contributed by atoms with Crippen LogP contribution in [0.2, 0.25) is 5.02 Å². The molecule has 0 bridgehead atoms. The zero-order chi connectivity index (χ0) is 14.3. The number of halogens is 2. The molecule has 0 fully saturated rings. The van der Waals surface area contributed by atoms with Crippen LogP contribution in [0, 0.1) is 5.82 Å². The molecule has 0 atom stereocenters. The lowest BCUT2D eigenvalue weighted by Crippen LogP contribution is -2.19. The van der Waals surface area contributed by atoms with Gasteiger partial charge in [-0.15, -0.1) is 0 Å². The number of aryl methyl sites for hydroxylation is 1. The first-order chi connectivity index (χ1) is 9.54. The molecule has 2 aromatic rings. The molecular formula is C13H10ClFN4O. The van der Waals surface area contributed by atoms with Crippen LogP contribution < -0.4 is 5.01 Å².